The van der Waals surface area contributed by atoms with Crippen LogP contribution in [0.15, 0.2) is 39.9 Å². The van der Waals surface area contributed by atoms with E-state index in [0.29, 0.717) is 11.6 Å². The van der Waals surface area contributed by atoms with Crippen molar-refractivity contribution < 1.29 is 4.43 Å². The van der Waals surface area contributed by atoms with E-state index in [4.69, 9.17) is 16.0 Å². The lowest BCUT2D eigenvalue weighted by Crippen LogP contribution is -2.63. The van der Waals surface area contributed by atoms with Gasteiger partial charge in [-0.15, -0.1) is 0 Å². The van der Waals surface area contributed by atoms with Crippen molar-refractivity contribution in [3.63, 3.8) is 0 Å². The summed E-state index contributed by atoms with van der Waals surface area (Å²) >= 11 is 7.82. The van der Waals surface area contributed by atoms with Crippen LogP contribution in [0, 0.1) is 22.7 Å². The van der Waals surface area contributed by atoms with Gasteiger partial charge in [-0.1, -0.05) is 50.2 Å². The van der Waals surface area contributed by atoms with E-state index in [1.54, 1.807) is 11.8 Å². The molecular formula is C20H30ClN3OSSi. The lowest BCUT2D eigenvalue weighted by atomic mass is 9.80. The third kappa shape index (κ3) is 4.65. The van der Waals surface area contributed by atoms with Crippen LogP contribution in [0.2, 0.25) is 18.1 Å². The smallest absolute Gasteiger partial charge is 0.171 e. The second-order valence-electron chi connectivity index (χ2n) is 8.28. The summed E-state index contributed by atoms with van der Waals surface area (Å²) in [5.41, 5.74) is 0.433. The lowest BCUT2D eigenvalue weighted by molar-refractivity contribution is -0.00827. The van der Waals surface area contributed by atoms with E-state index in [1.807, 2.05) is 31.2 Å². The molecule has 0 amide bonds. The number of allylic oxidation sites excluding steroid dienone is 1. The van der Waals surface area contributed by atoms with Gasteiger partial charge in [0, 0.05) is 22.4 Å². The van der Waals surface area contributed by atoms with Crippen molar-refractivity contribution in [3.8, 4) is 6.07 Å². The van der Waals surface area contributed by atoms with E-state index in [9.17, 15) is 5.26 Å². The zero-order chi connectivity index (χ0) is 20.4. The van der Waals surface area contributed by atoms with Crippen molar-refractivity contribution in [2.45, 2.75) is 51.3 Å². The molecule has 0 saturated carbocycles. The summed E-state index contributed by atoms with van der Waals surface area (Å²) in [7, 11) is 0.899. The van der Waals surface area contributed by atoms with Gasteiger partial charge in [-0.05, 0) is 38.2 Å². The molecule has 0 fully saturated rings. The van der Waals surface area contributed by atoms with Gasteiger partial charge in [0.2, 0.25) is 0 Å². The van der Waals surface area contributed by atoms with Crippen molar-refractivity contribution in [3.05, 3.63) is 40.0 Å². The van der Waals surface area contributed by atoms with Crippen LogP contribution in [0.25, 0.3) is 0 Å². The molecule has 0 spiro atoms. The molecule has 2 rings (SSSR count). The zero-order valence-corrected chi connectivity index (χ0v) is 20.0. The Morgan fingerprint density at radius 1 is 1.41 bits per heavy atom. The van der Waals surface area contributed by atoms with E-state index in [0.717, 1.165) is 15.6 Å². The summed E-state index contributed by atoms with van der Waals surface area (Å²) in [6, 6.07) is 10.2. The Balaban J connectivity index is 2.48. The number of nitriles is 1. The minimum atomic E-state index is -1.19. The second kappa shape index (κ2) is 8.48. The molecule has 27 heavy (non-hydrogen) atoms. The first-order valence-corrected chi connectivity index (χ1v) is 13.2. The highest BCUT2D eigenvalue weighted by molar-refractivity contribution is 8.03. The Kier molecular flexibility index (Phi) is 6.96. The molecule has 0 bridgehead atoms. The predicted octanol–water partition coefficient (Wildman–Crippen LogP) is 5.04. The molecule has 4 nitrogen and oxygen atoms in total. The van der Waals surface area contributed by atoms with Gasteiger partial charge in [0.1, 0.15) is 5.66 Å². The lowest BCUT2D eigenvalue weighted by Gasteiger charge is -2.48. The summed E-state index contributed by atoms with van der Waals surface area (Å²) in [4.78, 5) is 3.32. The van der Waals surface area contributed by atoms with Crippen LogP contribution in [-0.2, 0) is 4.43 Å². The highest BCUT2D eigenvalue weighted by Gasteiger charge is 2.52. The number of rotatable bonds is 6. The Hall–Kier alpha value is -1.13. The van der Waals surface area contributed by atoms with Gasteiger partial charge in [0.25, 0.3) is 0 Å². The second-order valence-corrected chi connectivity index (χ2v) is 12.2. The van der Waals surface area contributed by atoms with Crippen LogP contribution in [-0.4, -0.2) is 33.3 Å². The highest BCUT2D eigenvalue weighted by atomic mass is 35.5. The normalized spacial score (nSPS) is 21.4. The summed E-state index contributed by atoms with van der Waals surface area (Å²) in [5, 5.41) is 15.1. The van der Waals surface area contributed by atoms with Crippen molar-refractivity contribution in [2.75, 3.05) is 13.7 Å². The third-order valence-electron chi connectivity index (χ3n) is 4.95. The van der Waals surface area contributed by atoms with Gasteiger partial charge in [-0.2, -0.15) is 5.26 Å². The third-order valence-corrected chi connectivity index (χ3v) is 7.20. The molecule has 0 aliphatic carbocycles. The Morgan fingerprint density at radius 2 is 2.07 bits per heavy atom. The van der Waals surface area contributed by atoms with E-state index in [-0.39, 0.29) is 11.3 Å². The zero-order valence-electron chi connectivity index (χ0n) is 17.3. The maximum Gasteiger partial charge on any atom is 0.171 e. The number of benzene rings is 1. The molecule has 1 heterocycles. The van der Waals surface area contributed by atoms with Crippen molar-refractivity contribution in [1.82, 2.24) is 10.2 Å². The fourth-order valence-corrected chi connectivity index (χ4v) is 5.18. The number of halogens is 1. The molecule has 2 unspecified atom stereocenters. The van der Waals surface area contributed by atoms with Gasteiger partial charge in [0.15, 0.2) is 9.04 Å². The quantitative estimate of drug-likeness (QED) is 0.649. The SMILES string of the molecule is CC(C#N)C1=C(Sc2cccc(Cl)c2)N(C)C(CO[SiH](C)C)(C(C)(C)C)N1. The Bertz CT molecular complexity index is 756. The summed E-state index contributed by atoms with van der Waals surface area (Å²) in [6.45, 7) is 13.5. The number of thioether (sulfide) groups is 1. The minimum absolute atomic E-state index is 0.109. The molecule has 2 atom stereocenters. The Morgan fingerprint density at radius 3 is 2.59 bits per heavy atom. The van der Waals surface area contributed by atoms with E-state index in [1.165, 1.54) is 0 Å². The fraction of sp³-hybridized carbons (Fsp3) is 0.550. The van der Waals surface area contributed by atoms with Crippen LogP contribution in [0.5, 0.6) is 0 Å². The molecule has 1 N–H and O–H groups in total. The Labute approximate surface area is 174 Å². The van der Waals surface area contributed by atoms with Crippen molar-refractivity contribution in [1.29, 1.82) is 5.26 Å². The van der Waals surface area contributed by atoms with Crippen LogP contribution in [0.3, 0.4) is 0 Å². The fourth-order valence-electron chi connectivity index (χ4n) is 3.17. The predicted molar refractivity (Wildman–Crippen MR) is 117 cm³/mol. The maximum absolute atomic E-state index is 9.60. The number of hydrogen-bond acceptors (Lipinski definition) is 5. The number of nitrogens with zero attached hydrogens (tertiary/aromatic N) is 2. The molecule has 148 valence electrons. The van der Waals surface area contributed by atoms with Crippen LogP contribution < -0.4 is 5.32 Å². The maximum atomic E-state index is 9.60. The number of hydrogen-bond donors (Lipinski definition) is 1. The molecule has 1 aliphatic heterocycles. The average molecular weight is 424 g/mol. The first-order chi connectivity index (χ1) is 12.5. The molecular weight excluding hydrogens is 394 g/mol. The summed E-state index contributed by atoms with van der Waals surface area (Å²) in [5.74, 6) is -0.241. The highest BCUT2D eigenvalue weighted by Crippen LogP contribution is 2.47. The monoisotopic (exact) mass is 423 g/mol. The summed E-state index contributed by atoms with van der Waals surface area (Å²) < 4.78 is 6.20. The molecule has 7 heteroatoms. The van der Waals surface area contributed by atoms with Crippen LogP contribution in [0.1, 0.15) is 27.7 Å². The molecule has 0 aromatic heterocycles. The molecule has 1 aromatic rings. The van der Waals surface area contributed by atoms with Gasteiger partial charge in [-0.25, -0.2) is 0 Å². The largest absolute Gasteiger partial charge is 0.416 e. The molecule has 1 aliphatic rings. The standard InChI is InChI=1S/C20H30ClN3OSSi/c1-14(12-22)17-18(26-16-10-8-9-15(21)11-16)24(5)20(23-17,19(2,3)4)13-25-27(6)7/h8-11,14,23,27H,13H2,1-7H3. The first kappa shape index (κ1) is 22.2. The van der Waals surface area contributed by atoms with Gasteiger partial charge in [-0.3, -0.25) is 0 Å². The van der Waals surface area contributed by atoms with Gasteiger partial charge < -0.3 is 14.6 Å². The van der Waals surface area contributed by atoms with Crippen molar-refractivity contribution >= 4 is 32.4 Å². The van der Waals surface area contributed by atoms with Crippen LogP contribution >= 0.6 is 23.4 Å². The molecule has 0 radical (unpaired) electrons. The van der Waals surface area contributed by atoms with Crippen LogP contribution in [0.4, 0.5) is 0 Å². The summed E-state index contributed by atoms with van der Waals surface area (Å²) in [6.07, 6.45) is 0. The number of nitrogens with one attached hydrogen (secondary N) is 1. The van der Waals surface area contributed by atoms with E-state index in [2.05, 4.69) is 57.2 Å². The van der Waals surface area contributed by atoms with Gasteiger partial charge in [0.05, 0.1) is 29.3 Å². The minimum Gasteiger partial charge on any atom is -0.416 e. The van der Waals surface area contributed by atoms with Gasteiger partial charge >= 0.3 is 0 Å². The number of likely N-dealkylation sites (N-methyl/N-ethyl adjacent to an activating group) is 1. The van der Waals surface area contributed by atoms with E-state index >= 15 is 0 Å². The van der Waals surface area contributed by atoms with E-state index < -0.39 is 14.7 Å². The molecule has 0 saturated heterocycles. The molecule has 1 aromatic carbocycles. The first-order valence-electron chi connectivity index (χ1n) is 9.22. The average Bonchev–Trinajstić information content (AvgIpc) is 2.86. The van der Waals surface area contributed by atoms with Crippen molar-refractivity contribution in [2.24, 2.45) is 11.3 Å². The topological polar surface area (TPSA) is 48.3 Å².